The Balaban J connectivity index is 1.88. The van der Waals surface area contributed by atoms with Crippen LogP contribution in [0, 0.1) is 0 Å². The Morgan fingerprint density at radius 2 is 2.11 bits per heavy atom. The van der Waals surface area contributed by atoms with Crippen LogP contribution in [0.25, 0.3) is 0 Å². The van der Waals surface area contributed by atoms with Gasteiger partial charge in [-0.3, -0.25) is 9.89 Å². The standard InChI is InChI=1S/C13H26N4S/c1-10-7-11(2)18-13(15-10)14-8-12-9-16(3)5-6-17(12)4/h10-12H,5-9H2,1-4H3,(H,14,15). The minimum Gasteiger partial charge on any atom is -0.362 e. The second-order valence-electron chi connectivity index (χ2n) is 5.75. The first kappa shape index (κ1) is 14.2. The van der Waals surface area contributed by atoms with Gasteiger partial charge in [-0.25, -0.2) is 0 Å². The number of rotatable bonds is 2. The molecule has 18 heavy (non-hydrogen) atoms. The molecule has 2 rings (SSSR count). The molecule has 3 atom stereocenters. The first-order chi connectivity index (χ1) is 8.54. The molecule has 104 valence electrons. The van der Waals surface area contributed by atoms with Crippen molar-refractivity contribution in [3.8, 4) is 0 Å². The van der Waals surface area contributed by atoms with Gasteiger partial charge in [-0.1, -0.05) is 18.7 Å². The van der Waals surface area contributed by atoms with Crippen molar-refractivity contribution in [2.24, 2.45) is 4.99 Å². The zero-order chi connectivity index (χ0) is 13.1. The summed E-state index contributed by atoms with van der Waals surface area (Å²) in [4.78, 5) is 9.63. The number of hydrogen-bond donors (Lipinski definition) is 1. The van der Waals surface area contributed by atoms with E-state index >= 15 is 0 Å². The van der Waals surface area contributed by atoms with Crippen LogP contribution in [0.5, 0.6) is 0 Å². The fourth-order valence-electron chi connectivity index (χ4n) is 2.61. The molecule has 3 unspecified atom stereocenters. The highest BCUT2D eigenvalue weighted by Crippen LogP contribution is 2.22. The number of hydrogen-bond acceptors (Lipinski definition) is 4. The molecule has 0 aromatic heterocycles. The average molecular weight is 270 g/mol. The second-order valence-corrected chi connectivity index (χ2v) is 7.18. The zero-order valence-corrected chi connectivity index (χ0v) is 12.8. The van der Waals surface area contributed by atoms with Crippen molar-refractivity contribution in [3.05, 3.63) is 0 Å². The van der Waals surface area contributed by atoms with Crippen molar-refractivity contribution in [3.63, 3.8) is 0 Å². The summed E-state index contributed by atoms with van der Waals surface area (Å²) in [6.07, 6.45) is 1.23. The Morgan fingerprint density at radius 1 is 1.33 bits per heavy atom. The molecule has 0 saturated carbocycles. The number of likely N-dealkylation sites (N-methyl/N-ethyl adjacent to an activating group) is 2. The summed E-state index contributed by atoms with van der Waals surface area (Å²) in [5.41, 5.74) is 0. The predicted octanol–water partition coefficient (Wildman–Crippen LogP) is 1.09. The van der Waals surface area contributed by atoms with Crippen molar-refractivity contribution in [2.45, 2.75) is 37.6 Å². The van der Waals surface area contributed by atoms with Crippen LogP contribution in [0.2, 0.25) is 0 Å². The summed E-state index contributed by atoms with van der Waals surface area (Å²) in [6.45, 7) is 8.90. The smallest absolute Gasteiger partial charge is 0.157 e. The summed E-state index contributed by atoms with van der Waals surface area (Å²) in [5.74, 6) is 0. The van der Waals surface area contributed by atoms with Crippen LogP contribution in [0.1, 0.15) is 20.3 Å². The van der Waals surface area contributed by atoms with Crippen LogP contribution in [0.3, 0.4) is 0 Å². The van der Waals surface area contributed by atoms with E-state index in [1.165, 1.54) is 13.0 Å². The SMILES string of the molecule is CC1CC(C)SC(=NCC2CN(C)CCN2C)N1. The van der Waals surface area contributed by atoms with Crippen LogP contribution in [-0.2, 0) is 0 Å². The van der Waals surface area contributed by atoms with Crippen LogP contribution in [-0.4, -0.2) is 72.6 Å². The molecule has 5 heteroatoms. The predicted molar refractivity (Wildman–Crippen MR) is 80.5 cm³/mol. The first-order valence-corrected chi connectivity index (χ1v) is 7.79. The van der Waals surface area contributed by atoms with Crippen molar-refractivity contribution >= 4 is 16.9 Å². The van der Waals surface area contributed by atoms with Gasteiger partial charge >= 0.3 is 0 Å². The zero-order valence-electron chi connectivity index (χ0n) is 12.0. The molecule has 2 saturated heterocycles. The average Bonchev–Trinajstić information content (AvgIpc) is 2.29. The van der Waals surface area contributed by atoms with Gasteiger partial charge in [0, 0.05) is 37.0 Å². The van der Waals surface area contributed by atoms with Crippen molar-refractivity contribution in [1.82, 2.24) is 15.1 Å². The molecule has 2 heterocycles. The summed E-state index contributed by atoms with van der Waals surface area (Å²) >= 11 is 1.89. The molecule has 2 aliphatic rings. The topological polar surface area (TPSA) is 30.9 Å². The van der Waals surface area contributed by atoms with E-state index in [1.54, 1.807) is 0 Å². The molecule has 2 aliphatic heterocycles. The largest absolute Gasteiger partial charge is 0.362 e. The van der Waals surface area contributed by atoms with Gasteiger partial charge in [0.25, 0.3) is 0 Å². The van der Waals surface area contributed by atoms with Gasteiger partial charge in [0.05, 0.1) is 6.54 Å². The first-order valence-electron chi connectivity index (χ1n) is 6.91. The lowest BCUT2D eigenvalue weighted by Gasteiger charge is -2.37. The monoisotopic (exact) mass is 270 g/mol. The van der Waals surface area contributed by atoms with Crippen LogP contribution in [0.15, 0.2) is 4.99 Å². The molecule has 0 amide bonds. The van der Waals surface area contributed by atoms with Crippen molar-refractivity contribution < 1.29 is 0 Å². The maximum Gasteiger partial charge on any atom is 0.157 e. The third-order valence-corrected chi connectivity index (χ3v) is 4.86. The number of piperazine rings is 1. The van der Waals surface area contributed by atoms with Gasteiger partial charge in [0.15, 0.2) is 5.17 Å². The van der Waals surface area contributed by atoms with Gasteiger partial charge in [-0.2, -0.15) is 0 Å². The van der Waals surface area contributed by atoms with E-state index in [0.717, 1.165) is 24.8 Å². The number of aliphatic imine (C=N–C) groups is 1. The van der Waals surface area contributed by atoms with Crippen LogP contribution < -0.4 is 5.32 Å². The molecule has 4 nitrogen and oxygen atoms in total. The Bertz CT molecular complexity index is 295. The van der Waals surface area contributed by atoms with E-state index in [-0.39, 0.29) is 0 Å². The van der Waals surface area contributed by atoms with Gasteiger partial charge < -0.3 is 10.2 Å². The number of thioether (sulfide) groups is 1. The molecular weight excluding hydrogens is 244 g/mol. The maximum atomic E-state index is 4.79. The third kappa shape index (κ3) is 3.87. The molecule has 0 aromatic carbocycles. The molecule has 0 spiro atoms. The maximum absolute atomic E-state index is 4.79. The molecular formula is C13H26N4S. The third-order valence-electron chi connectivity index (χ3n) is 3.79. The Morgan fingerprint density at radius 3 is 2.83 bits per heavy atom. The van der Waals surface area contributed by atoms with Gasteiger partial charge in [-0.15, -0.1) is 0 Å². The summed E-state index contributed by atoms with van der Waals surface area (Å²) in [5, 5.41) is 5.32. The van der Waals surface area contributed by atoms with E-state index in [4.69, 9.17) is 4.99 Å². The van der Waals surface area contributed by atoms with Crippen LogP contribution >= 0.6 is 11.8 Å². The second kappa shape index (κ2) is 6.26. The van der Waals surface area contributed by atoms with E-state index in [9.17, 15) is 0 Å². The molecule has 1 N–H and O–H groups in total. The lowest BCUT2D eigenvalue weighted by Crippen LogP contribution is -2.51. The summed E-state index contributed by atoms with van der Waals surface area (Å²) in [6, 6.07) is 1.12. The highest BCUT2D eigenvalue weighted by Gasteiger charge is 2.23. The molecule has 0 aromatic rings. The minimum atomic E-state index is 0.561. The summed E-state index contributed by atoms with van der Waals surface area (Å²) < 4.78 is 0. The van der Waals surface area contributed by atoms with E-state index in [2.05, 4.69) is 43.1 Å². The van der Waals surface area contributed by atoms with Gasteiger partial charge in [0.2, 0.25) is 0 Å². The molecule has 0 radical (unpaired) electrons. The Labute approximate surface area is 115 Å². The Kier molecular flexibility index (Phi) is 4.92. The van der Waals surface area contributed by atoms with Crippen molar-refractivity contribution in [2.75, 3.05) is 40.3 Å². The van der Waals surface area contributed by atoms with E-state index < -0.39 is 0 Å². The molecule has 2 fully saturated rings. The minimum absolute atomic E-state index is 0.561. The van der Waals surface area contributed by atoms with E-state index in [1.807, 2.05) is 11.8 Å². The van der Waals surface area contributed by atoms with Gasteiger partial charge in [-0.05, 0) is 27.4 Å². The van der Waals surface area contributed by atoms with Crippen molar-refractivity contribution in [1.29, 1.82) is 0 Å². The quantitative estimate of drug-likeness (QED) is 0.814. The lowest BCUT2D eigenvalue weighted by atomic mass is 10.2. The lowest BCUT2D eigenvalue weighted by molar-refractivity contribution is 0.119. The highest BCUT2D eigenvalue weighted by molar-refractivity contribution is 8.14. The van der Waals surface area contributed by atoms with Gasteiger partial charge in [0.1, 0.15) is 0 Å². The summed E-state index contributed by atoms with van der Waals surface area (Å²) in [7, 11) is 4.41. The number of nitrogens with zero attached hydrogens (tertiary/aromatic N) is 3. The van der Waals surface area contributed by atoms with E-state index in [0.29, 0.717) is 17.3 Å². The van der Waals surface area contributed by atoms with Crippen LogP contribution in [0.4, 0.5) is 0 Å². The Hall–Kier alpha value is -0.260. The molecule has 0 aliphatic carbocycles. The normalized spacial score (nSPS) is 37.8. The fraction of sp³-hybridized carbons (Fsp3) is 0.923. The molecule has 0 bridgehead atoms. The number of nitrogens with one attached hydrogen (secondary N) is 1. The highest BCUT2D eigenvalue weighted by atomic mass is 32.2. The number of amidine groups is 1. The fourth-order valence-corrected chi connectivity index (χ4v) is 3.79.